The predicted octanol–water partition coefficient (Wildman–Crippen LogP) is 2.54. The molecule has 0 aliphatic heterocycles. The molecule has 1 unspecified atom stereocenters. The number of rotatable bonds is 4. The van der Waals surface area contributed by atoms with Gasteiger partial charge in [-0.3, -0.25) is 4.98 Å². The van der Waals surface area contributed by atoms with Gasteiger partial charge in [0.25, 0.3) is 0 Å². The highest BCUT2D eigenvalue weighted by atomic mass is 16.3. The van der Waals surface area contributed by atoms with Crippen LogP contribution in [0.25, 0.3) is 0 Å². The monoisotopic (exact) mass is 227 g/mol. The molecule has 88 valence electrons. The second kappa shape index (κ2) is 5.60. The molecule has 0 aliphatic carbocycles. The van der Waals surface area contributed by atoms with Crippen molar-refractivity contribution >= 4 is 0 Å². The number of hydrogen-bond donors (Lipinski definition) is 1. The van der Waals surface area contributed by atoms with E-state index in [1.165, 1.54) is 11.1 Å². The molecule has 0 radical (unpaired) electrons. The SMILES string of the molecule is Cc1ccccc1CC(O)Cc1ccccn1. The van der Waals surface area contributed by atoms with Gasteiger partial charge in [-0.05, 0) is 36.6 Å². The lowest BCUT2D eigenvalue weighted by Crippen LogP contribution is -2.15. The lowest BCUT2D eigenvalue weighted by molar-refractivity contribution is 0.174. The zero-order valence-electron chi connectivity index (χ0n) is 10.0. The number of nitrogens with zero attached hydrogens (tertiary/aromatic N) is 1. The summed E-state index contributed by atoms with van der Waals surface area (Å²) in [5, 5.41) is 10.0. The Labute approximate surface area is 102 Å². The van der Waals surface area contributed by atoms with Gasteiger partial charge in [-0.2, -0.15) is 0 Å². The fraction of sp³-hybridized carbons (Fsp3) is 0.267. The number of aryl methyl sites for hydroxylation is 1. The normalized spacial score (nSPS) is 12.4. The Morgan fingerprint density at radius 3 is 2.53 bits per heavy atom. The number of aromatic nitrogens is 1. The van der Waals surface area contributed by atoms with Crippen molar-refractivity contribution in [3.8, 4) is 0 Å². The molecule has 1 aromatic heterocycles. The Morgan fingerprint density at radius 1 is 1.06 bits per heavy atom. The van der Waals surface area contributed by atoms with Crippen LogP contribution in [0.3, 0.4) is 0 Å². The van der Waals surface area contributed by atoms with E-state index >= 15 is 0 Å². The van der Waals surface area contributed by atoms with Gasteiger partial charge in [0.05, 0.1) is 6.10 Å². The van der Waals surface area contributed by atoms with Crippen molar-refractivity contribution in [3.05, 3.63) is 65.5 Å². The maximum absolute atomic E-state index is 10.0. The number of aliphatic hydroxyl groups is 1. The van der Waals surface area contributed by atoms with Crippen LogP contribution in [-0.2, 0) is 12.8 Å². The predicted molar refractivity (Wildman–Crippen MR) is 68.8 cm³/mol. The highest BCUT2D eigenvalue weighted by Crippen LogP contribution is 2.11. The largest absolute Gasteiger partial charge is 0.392 e. The number of pyridine rings is 1. The zero-order chi connectivity index (χ0) is 12.1. The van der Waals surface area contributed by atoms with Crippen LogP contribution in [0, 0.1) is 6.92 Å². The first kappa shape index (κ1) is 11.8. The van der Waals surface area contributed by atoms with Crippen LogP contribution in [0.1, 0.15) is 16.8 Å². The molecule has 17 heavy (non-hydrogen) atoms. The third kappa shape index (κ3) is 3.40. The molecule has 1 aromatic carbocycles. The molecule has 0 fully saturated rings. The Morgan fingerprint density at radius 2 is 1.82 bits per heavy atom. The third-order valence-electron chi connectivity index (χ3n) is 2.89. The second-order valence-corrected chi connectivity index (χ2v) is 4.31. The van der Waals surface area contributed by atoms with Gasteiger partial charge in [0.15, 0.2) is 0 Å². The third-order valence-corrected chi connectivity index (χ3v) is 2.89. The van der Waals surface area contributed by atoms with Crippen molar-refractivity contribution in [1.29, 1.82) is 0 Å². The molecular weight excluding hydrogens is 210 g/mol. The first-order chi connectivity index (χ1) is 8.25. The molecule has 0 saturated heterocycles. The van der Waals surface area contributed by atoms with Crippen molar-refractivity contribution in [3.63, 3.8) is 0 Å². The van der Waals surface area contributed by atoms with Gasteiger partial charge < -0.3 is 5.11 Å². The topological polar surface area (TPSA) is 33.1 Å². The van der Waals surface area contributed by atoms with Gasteiger partial charge >= 0.3 is 0 Å². The van der Waals surface area contributed by atoms with Crippen LogP contribution in [0.15, 0.2) is 48.7 Å². The molecule has 1 N–H and O–H groups in total. The van der Waals surface area contributed by atoms with Crippen LogP contribution >= 0.6 is 0 Å². The lowest BCUT2D eigenvalue weighted by atomic mass is 10.00. The summed E-state index contributed by atoms with van der Waals surface area (Å²) in [6, 6.07) is 13.9. The van der Waals surface area contributed by atoms with Crippen molar-refractivity contribution in [2.24, 2.45) is 0 Å². The van der Waals surface area contributed by atoms with E-state index in [0.29, 0.717) is 12.8 Å². The van der Waals surface area contributed by atoms with Crippen LogP contribution in [0.5, 0.6) is 0 Å². The van der Waals surface area contributed by atoms with Crippen LogP contribution < -0.4 is 0 Å². The van der Waals surface area contributed by atoms with E-state index in [4.69, 9.17) is 0 Å². The van der Waals surface area contributed by atoms with Crippen LogP contribution in [0.4, 0.5) is 0 Å². The van der Waals surface area contributed by atoms with E-state index < -0.39 is 0 Å². The molecule has 2 rings (SSSR count). The summed E-state index contributed by atoms with van der Waals surface area (Å²) < 4.78 is 0. The zero-order valence-corrected chi connectivity index (χ0v) is 10.0. The summed E-state index contributed by atoms with van der Waals surface area (Å²) >= 11 is 0. The number of hydrogen-bond acceptors (Lipinski definition) is 2. The van der Waals surface area contributed by atoms with Crippen LogP contribution in [0.2, 0.25) is 0 Å². The maximum atomic E-state index is 10.0. The van der Waals surface area contributed by atoms with Gasteiger partial charge in [-0.15, -0.1) is 0 Å². The van der Waals surface area contributed by atoms with Crippen LogP contribution in [-0.4, -0.2) is 16.2 Å². The molecule has 2 heteroatoms. The highest BCUT2D eigenvalue weighted by Gasteiger charge is 2.08. The molecular formula is C15H17NO. The van der Waals surface area contributed by atoms with Gasteiger partial charge in [0.2, 0.25) is 0 Å². The molecule has 0 amide bonds. The molecule has 1 atom stereocenters. The number of benzene rings is 1. The molecule has 0 saturated carbocycles. The fourth-order valence-corrected chi connectivity index (χ4v) is 1.93. The van der Waals surface area contributed by atoms with E-state index in [1.807, 2.05) is 30.3 Å². The quantitative estimate of drug-likeness (QED) is 0.870. The van der Waals surface area contributed by atoms with E-state index in [-0.39, 0.29) is 6.10 Å². The van der Waals surface area contributed by atoms with Crippen molar-refractivity contribution < 1.29 is 5.11 Å². The summed E-state index contributed by atoms with van der Waals surface area (Å²) in [4.78, 5) is 4.22. The smallest absolute Gasteiger partial charge is 0.0636 e. The molecule has 0 bridgehead atoms. The summed E-state index contributed by atoms with van der Waals surface area (Å²) in [7, 11) is 0. The first-order valence-electron chi connectivity index (χ1n) is 5.88. The lowest BCUT2D eigenvalue weighted by Gasteiger charge is -2.11. The highest BCUT2D eigenvalue weighted by molar-refractivity contribution is 5.26. The second-order valence-electron chi connectivity index (χ2n) is 4.31. The molecule has 0 aliphatic rings. The summed E-state index contributed by atoms with van der Waals surface area (Å²) in [6.07, 6.45) is 2.68. The van der Waals surface area contributed by atoms with E-state index in [2.05, 4.69) is 24.0 Å². The standard InChI is InChI=1S/C15H17NO/c1-12-6-2-3-7-13(12)10-15(17)11-14-8-4-5-9-16-14/h2-9,15,17H,10-11H2,1H3. The van der Waals surface area contributed by atoms with E-state index in [1.54, 1.807) is 6.20 Å². The molecule has 0 spiro atoms. The Balaban J connectivity index is 1.98. The summed E-state index contributed by atoms with van der Waals surface area (Å²) in [5.74, 6) is 0. The molecule has 1 heterocycles. The Hall–Kier alpha value is -1.67. The summed E-state index contributed by atoms with van der Waals surface area (Å²) in [5.41, 5.74) is 3.37. The van der Waals surface area contributed by atoms with Crippen molar-refractivity contribution in [2.75, 3.05) is 0 Å². The Kier molecular flexibility index (Phi) is 3.89. The van der Waals surface area contributed by atoms with Gasteiger partial charge in [-0.25, -0.2) is 0 Å². The van der Waals surface area contributed by atoms with Crippen molar-refractivity contribution in [1.82, 2.24) is 4.98 Å². The van der Waals surface area contributed by atoms with Gasteiger partial charge in [-0.1, -0.05) is 30.3 Å². The van der Waals surface area contributed by atoms with E-state index in [0.717, 1.165) is 5.69 Å². The molecule has 2 nitrogen and oxygen atoms in total. The Bertz CT molecular complexity index is 467. The maximum Gasteiger partial charge on any atom is 0.0636 e. The first-order valence-corrected chi connectivity index (χ1v) is 5.88. The minimum absolute atomic E-state index is 0.369. The van der Waals surface area contributed by atoms with Gasteiger partial charge in [0, 0.05) is 18.3 Å². The van der Waals surface area contributed by atoms with Crippen molar-refractivity contribution in [2.45, 2.75) is 25.9 Å². The van der Waals surface area contributed by atoms with E-state index in [9.17, 15) is 5.11 Å². The number of aliphatic hydroxyl groups excluding tert-OH is 1. The minimum Gasteiger partial charge on any atom is -0.392 e. The molecule has 2 aromatic rings. The average Bonchev–Trinajstić information content (AvgIpc) is 2.33. The average molecular weight is 227 g/mol. The summed E-state index contributed by atoms with van der Waals surface area (Å²) in [6.45, 7) is 2.07. The fourth-order valence-electron chi connectivity index (χ4n) is 1.93. The minimum atomic E-state index is -0.369. The van der Waals surface area contributed by atoms with Gasteiger partial charge in [0.1, 0.15) is 0 Å².